The fourth-order valence-electron chi connectivity index (χ4n) is 1.56. The molecule has 0 unspecified atom stereocenters. The highest BCUT2D eigenvalue weighted by Gasteiger charge is 2.23. The topological polar surface area (TPSA) is 55.0 Å². The van der Waals surface area contributed by atoms with Gasteiger partial charge in [-0.25, -0.2) is 9.97 Å². The molecule has 4 nitrogen and oxygen atoms in total. The Morgan fingerprint density at radius 2 is 1.94 bits per heavy atom. The van der Waals surface area contributed by atoms with Gasteiger partial charge in [0.05, 0.1) is 0 Å². The smallest absolute Gasteiger partial charge is 0.134 e. The molecule has 4 heteroatoms. The van der Waals surface area contributed by atoms with Crippen molar-refractivity contribution in [1.29, 1.82) is 0 Å². The molecule has 0 fully saturated rings. The molecule has 0 bridgehead atoms. The summed E-state index contributed by atoms with van der Waals surface area (Å²) in [5.41, 5.74) is 5.91. The Morgan fingerprint density at radius 1 is 1.29 bits per heavy atom. The van der Waals surface area contributed by atoms with Gasteiger partial charge < -0.3 is 10.6 Å². The zero-order valence-corrected chi connectivity index (χ0v) is 11.6. The lowest BCUT2D eigenvalue weighted by atomic mass is 10.00. The number of aromatic nitrogens is 2. The summed E-state index contributed by atoms with van der Waals surface area (Å²) in [5, 5.41) is 0. The zero-order chi connectivity index (χ0) is 13.1. The molecule has 1 heterocycles. The average Bonchev–Trinajstić information content (AvgIpc) is 2.27. The Bertz CT molecular complexity index is 374. The minimum absolute atomic E-state index is 0.0737. The number of hydrogen-bond donors (Lipinski definition) is 1. The summed E-state index contributed by atoms with van der Waals surface area (Å²) in [5.74, 6) is 2.30. The first-order valence-electron chi connectivity index (χ1n) is 6.28. The van der Waals surface area contributed by atoms with Crippen LogP contribution in [0.2, 0.25) is 0 Å². The fourth-order valence-corrected chi connectivity index (χ4v) is 1.56. The number of anilines is 2. The van der Waals surface area contributed by atoms with Gasteiger partial charge in [0, 0.05) is 25.1 Å². The van der Waals surface area contributed by atoms with E-state index < -0.39 is 0 Å². The first kappa shape index (κ1) is 13.7. The van der Waals surface area contributed by atoms with Crippen LogP contribution in [0.3, 0.4) is 0 Å². The van der Waals surface area contributed by atoms with Crippen molar-refractivity contribution < 1.29 is 0 Å². The third-order valence-electron chi connectivity index (χ3n) is 3.37. The average molecular weight is 236 g/mol. The van der Waals surface area contributed by atoms with Crippen LogP contribution in [0.1, 0.15) is 46.4 Å². The van der Waals surface area contributed by atoms with Crippen LogP contribution in [0.25, 0.3) is 0 Å². The first-order chi connectivity index (χ1) is 7.90. The monoisotopic (exact) mass is 236 g/mol. The van der Waals surface area contributed by atoms with Crippen LogP contribution in [-0.4, -0.2) is 22.6 Å². The number of nitrogen functional groups attached to an aromatic ring is 1. The maximum Gasteiger partial charge on any atom is 0.134 e. The van der Waals surface area contributed by atoms with Crippen molar-refractivity contribution in [3.63, 3.8) is 0 Å². The molecular weight excluding hydrogens is 212 g/mol. The molecule has 0 spiro atoms. The molecule has 1 rings (SSSR count). The molecule has 1 aromatic heterocycles. The lowest BCUT2D eigenvalue weighted by molar-refractivity contribution is 0.466. The normalized spacial score (nSPS) is 11.6. The van der Waals surface area contributed by atoms with Crippen molar-refractivity contribution in [2.75, 3.05) is 17.7 Å². The second-order valence-corrected chi connectivity index (χ2v) is 5.04. The van der Waals surface area contributed by atoms with Crippen LogP contribution in [0, 0.1) is 0 Å². The van der Waals surface area contributed by atoms with E-state index in [0.29, 0.717) is 5.82 Å². The molecule has 0 aliphatic rings. The maximum atomic E-state index is 5.83. The highest BCUT2D eigenvalue weighted by molar-refractivity contribution is 5.48. The first-order valence-corrected chi connectivity index (χ1v) is 6.28. The summed E-state index contributed by atoms with van der Waals surface area (Å²) >= 11 is 0. The standard InChI is InChI=1S/C13H24N4/c1-6-8-11-15-10(14)9-12(16-11)17(5)13(3,4)7-2/h9H,6-8H2,1-5H3,(H2,14,15,16). The van der Waals surface area contributed by atoms with E-state index >= 15 is 0 Å². The minimum Gasteiger partial charge on any atom is -0.384 e. The summed E-state index contributed by atoms with van der Waals surface area (Å²) < 4.78 is 0. The van der Waals surface area contributed by atoms with Gasteiger partial charge in [0.1, 0.15) is 17.5 Å². The molecule has 96 valence electrons. The van der Waals surface area contributed by atoms with Gasteiger partial charge in [0.2, 0.25) is 0 Å². The SMILES string of the molecule is CCCc1nc(N)cc(N(C)C(C)(C)CC)n1. The van der Waals surface area contributed by atoms with Crippen LogP contribution in [-0.2, 0) is 6.42 Å². The van der Waals surface area contributed by atoms with Crippen LogP contribution < -0.4 is 10.6 Å². The molecule has 0 aliphatic heterocycles. The van der Waals surface area contributed by atoms with Crippen LogP contribution in [0.4, 0.5) is 11.6 Å². The van der Waals surface area contributed by atoms with Gasteiger partial charge in [-0.3, -0.25) is 0 Å². The Hall–Kier alpha value is -1.32. The van der Waals surface area contributed by atoms with Crippen molar-refractivity contribution in [2.24, 2.45) is 0 Å². The van der Waals surface area contributed by atoms with Crippen LogP contribution in [0.15, 0.2) is 6.07 Å². The van der Waals surface area contributed by atoms with E-state index in [1.807, 2.05) is 6.07 Å². The van der Waals surface area contributed by atoms with E-state index in [2.05, 4.69) is 49.6 Å². The van der Waals surface area contributed by atoms with Gasteiger partial charge >= 0.3 is 0 Å². The lowest BCUT2D eigenvalue weighted by Gasteiger charge is -2.36. The molecule has 1 aromatic rings. The molecule has 17 heavy (non-hydrogen) atoms. The van der Waals surface area contributed by atoms with Crippen LogP contribution >= 0.6 is 0 Å². The van der Waals surface area contributed by atoms with Crippen molar-refractivity contribution in [3.8, 4) is 0 Å². The quantitative estimate of drug-likeness (QED) is 0.854. The zero-order valence-electron chi connectivity index (χ0n) is 11.6. The summed E-state index contributed by atoms with van der Waals surface area (Å²) in [6.07, 6.45) is 2.96. The summed E-state index contributed by atoms with van der Waals surface area (Å²) in [6, 6.07) is 1.84. The Labute approximate surface area is 104 Å². The largest absolute Gasteiger partial charge is 0.384 e. The molecular formula is C13H24N4. The number of nitrogens with zero attached hydrogens (tertiary/aromatic N) is 3. The van der Waals surface area contributed by atoms with E-state index in [4.69, 9.17) is 5.73 Å². The van der Waals surface area contributed by atoms with Gasteiger partial charge in [-0.1, -0.05) is 13.8 Å². The molecule has 2 N–H and O–H groups in total. The molecule has 0 amide bonds. The molecule has 0 atom stereocenters. The van der Waals surface area contributed by atoms with E-state index in [0.717, 1.165) is 30.9 Å². The summed E-state index contributed by atoms with van der Waals surface area (Å²) in [7, 11) is 2.06. The van der Waals surface area contributed by atoms with Gasteiger partial charge in [-0.15, -0.1) is 0 Å². The summed E-state index contributed by atoms with van der Waals surface area (Å²) in [4.78, 5) is 11.0. The highest BCUT2D eigenvalue weighted by atomic mass is 15.2. The Balaban J connectivity index is 3.05. The van der Waals surface area contributed by atoms with Crippen molar-refractivity contribution >= 4 is 11.6 Å². The van der Waals surface area contributed by atoms with Crippen molar-refractivity contribution in [1.82, 2.24) is 9.97 Å². The summed E-state index contributed by atoms with van der Waals surface area (Å²) in [6.45, 7) is 8.69. The number of nitrogens with two attached hydrogens (primary N) is 1. The van der Waals surface area contributed by atoms with E-state index in [1.54, 1.807) is 0 Å². The highest BCUT2D eigenvalue weighted by Crippen LogP contribution is 2.24. The molecule has 0 saturated heterocycles. The third kappa shape index (κ3) is 3.32. The Kier molecular flexibility index (Phi) is 4.32. The maximum absolute atomic E-state index is 5.83. The fraction of sp³-hybridized carbons (Fsp3) is 0.692. The number of hydrogen-bond acceptors (Lipinski definition) is 4. The molecule has 0 aromatic carbocycles. The van der Waals surface area contributed by atoms with E-state index in [1.165, 1.54) is 0 Å². The van der Waals surface area contributed by atoms with Gasteiger partial charge in [-0.2, -0.15) is 0 Å². The van der Waals surface area contributed by atoms with Crippen molar-refractivity contribution in [3.05, 3.63) is 11.9 Å². The van der Waals surface area contributed by atoms with E-state index in [-0.39, 0.29) is 5.54 Å². The number of aryl methyl sites for hydroxylation is 1. The minimum atomic E-state index is 0.0737. The third-order valence-corrected chi connectivity index (χ3v) is 3.37. The van der Waals surface area contributed by atoms with Crippen LogP contribution in [0.5, 0.6) is 0 Å². The van der Waals surface area contributed by atoms with Gasteiger partial charge in [-0.05, 0) is 26.7 Å². The lowest BCUT2D eigenvalue weighted by Crippen LogP contribution is -2.41. The van der Waals surface area contributed by atoms with Gasteiger partial charge in [0.25, 0.3) is 0 Å². The second kappa shape index (κ2) is 5.34. The van der Waals surface area contributed by atoms with E-state index in [9.17, 15) is 0 Å². The number of rotatable bonds is 5. The van der Waals surface area contributed by atoms with Crippen molar-refractivity contribution in [2.45, 2.75) is 52.5 Å². The molecule has 0 radical (unpaired) electrons. The molecule has 0 saturated carbocycles. The second-order valence-electron chi connectivity index (χ2n) is 5.04. The predicted molar refractivity (Wildman–Crippen MR) is 73.2 cm³/mol. The van der Waals surface area contributed by atoms with Gasteiger partial charge in [0.15, 0.2) is 0 Å². The predicted octanol–water partition coefficient (Wildman–Crippen LogP) is 2.64. The molecule has 0 aliphatic carbocycles. The Morgan fingerprint density at radius 3 is 2.47 bits per heavy atom.